The number of carbonyl (C=O) groups excluding carboxylic acids is 1. The molecule has 2 aliphatic rings. The van der Waals surface area contributed by atoms with Crippen LogP contribution in [0, 0.1) is 5.92 Å². The third-order valence-electron chi connectivity index (χ3n) is 5.39. The SMILES string of the molecule is CNCC1CCCN(C(=O)C2(c3ccc(Cl)c(Cl)c3)CCC2)C1.Cl. The minimum absolute atomic E-state index is 0. The highest BCUT2D eigenvalue weighted by molar-refractivity contribution is 6.42. The zero-order valence-corrected chi connectivity index (χ0v) is 16.3. The highest BCUT2D eigenvalue weighted by Crippen LogP contribution is 2.46. The molecule has 1 aliphatic heterocycles. The highest BCUT2D eigenvalue weighted by atomic mass is 35.5. The van der Waals surface area contributed by atoms with Crippen LogP contribution in [0.15, 0.2) is 18.2 Å². The lowest BCUT2D eigenvalue weighted by Gasteiger charge is -2.46. The number of hydrogen-bond acceptors (Lipinski definition) is 2. The number of benzene rings is 1. The zero-order chi connectivity index (χ0) is 16.4. The summed E-state index contributed by atoms with van der Waals surface area (Å²) in [4.78, 5) is 15.4. The number of halogens is 3. The summed E-state index contributed by atoms with van der Waals surface area (Å²) in [6.45, 7) is 2.72. The van der Waals surface area contributed by atoms with Gasteiger partial charge in [0.25, 0.3) is 0 Å². The first kappa shape index (κ1) is 19.8. The molecule has 1 aliphatic carbocycles. The summed E-state index contributed by atoms with van der Waals surface area (Å²) in [6, 6.07) is 5.67. The second-order valence-corrected chi connectivity index (χ2v) is 7.70. The Morgan fingerprint density at radius 3 is 2.62 bits per heavy atom. The number of likely N-dealkylation sites (tertiary alicyclic amines) is 1. The van der Waals surface area contributed by atoms with Gasteiger partial charge >= 0.3 is 0 Å². The number of nitrogens with zero attached hydrogens (tertiary/aromatic N) is 1. The fraction of sp³-hybridized carbons (Fsp3) is 0.611. The summed E-state index contributed by atoms with van der Waals surface area (Å²) >= 11 is 12.2. The lowest BCUT2D eigenvalue weighted by molar-refractivity contribution is -0.142. The van der Waals surface area contributed by atoms with E-state index in [0.717, 1.165) is 50.9 Å². The number of hydrogen-bond donors (Lipinski definition) is 1. The van der Waals surface area contributed by atoms with E-state index in [4.69, 9.17) is 23.2 Å². The molecule has 1 amide bonds. The maximum absolute atomic E-state index is 13.3. The largest absolute Gasteiger partial charge is 0.342 e. The topological polar surface area (TPSA) is 32.3 Å². The van der Waals surface area contributed by atoms with Crippen LogP contribution in [-0.4, -0.2) is 37.5 Å². The van der Waals surface area contributed by atoms with E-state index in [0.29, 0.717) is 16.0 Å². The molecule has 1 atom stereocenters. The van der Waals surface area contributed by atoms with Gasteiger partial charge in [-0.25, -0.2) is 0 Å². The van der Waals surface area contributed by atoms with E-state index in [-0.39, 0.29) is 23.7 Å². The van der Waals surface area contributed by atoms with E-state index < -0.39 is 0 Å². The normalized spacial score (nSPS) is 22.5. The first-order chi connectivity index (χ1) is 11.1. The van der Waals surface area contributed by atoms with Crippen molar-refractivity contribution in [3.8, 4) is 0 Å². The molecule has 1 heterocycles. The van der Waals surface area contributed by atoms with E-state index >= 15 is 0 Å². The molecule has 0 bridgehead atoms. The number of amides is 1. The van der Waals surface area contributed by atoms with Gasteiger partial charge in [0.15, 0.2) is 0 Å². The standard InChI is InChI=1S/C18H24Cl2N2O.ClH/c1-21-11-13-4-2-9-22(12-13)17(23)18(7-3-8-18)14-5-6-15(19)16(20)10-14;/h5-6,10,13,21H,2-4,7-9,11-12H2,1H3;1H. The van der Waals surface area contributed by atoms with Gasteiger partial charge in [-0.05, 0) is 62.9 Å². The van der Waals surface area contributed by atoms with Crippen molar-refractivity contribution in [2.75, 3.05) is 26.7 Å². The van der Waals surface area contributed by atoms with Gasteiger partial charge in [-0.15, -0.1) is 12.4 Å². The molecule has 0 radical (unpaired) electrons. The molecule has 1 unspecified atom stereocenters. The van der Waals surface area contributed by atoms with Crippen molar-refractivity contribution in [3.63, 3.8) is 0 Å². The summed E-state index contributed by atoms with van der Waals surface area (Å²) in [5, 5.41) is 4.32. The molecule has 1 aromatic carbocycles. The Morgan fingerprint density at radius 1 is 1.29 bits per heavy atom. The van der Waals surface area contributed by atoms with E-state index in [1.807, 2.05) is 25.2 Å². The second kappa shape index (κ2) is 8.27. The molecule has 3 rings (SSSR count). The van der Waals surface area contributed by atoms with Crippen molar-refractivity contribution in [2.24, 2.45) is 5.92 Å². The summed E-state index contributed by atoms with van der Waals surface area (Å²) in [5.74, 6) is 0.839. The minimum Gasteiger partial charge on any atom is -0.342 e. The van der Waals surface area contributed by atoms with Gasteiger partial charge in [0.1, 0.15) is 0 Å². The monoisotopic (exact) mass is 390 g/mol. The van der Waals surface area contributed by atoms with Crippen LogP contribution in [0.5, 0.6) is 0 Å². The van der Waals surface area contributed by atoms with Crippen molar-refractivity contribution < 1.29 is 4.79 Å². The minimum atomic E-state index is -0.379. The molecule has 3 nitrogen and oxygen atoms in total. The predicted molar refractivity (Wildman–Crippen MR) is 102 cm³/mol. The highest BCUT2D eigenvalue weighted by Gasteiger charge is 2.48. The van der Waals surface area contributed by atoms with E-state index in [1.165, 1.54) is 6.42 Å². The molecule has 1 N–H and O–H groups in total. The Hall–Kier alpha value is -0.480. The maximum Gasteiger partial charge on any atom is 0.233 e. The molecular weight excluding hydrogens is 367 g/mol. The molecule has 134 valence electrons. The van der Waals surface area contributed by atoms with Crippen molar-refractivity contribution in [3.05, 3.63) is 33.8 Å². The van der Waals surface area contributed by atoms with Crippen molar-refractivity contribution in [1.29, 1.82) is 0 Å². The van der Waals surface area contributed by atoms with Gasteiger partial charge < -0.3 is 10.2 Å². The number of piperidine rings is 1. The first-order valence-corrected chi connectivity index (χ1v) is 9.22. The van der Waals surface area contributed by atoms with Gasteiger partial charge in [-0.1, -0.05) is 35.7 Å². The van der Waals surface area contributed by atoms with Crippen LogP contribution < -0.4 is 5.32 Å². The van der Waals surface area contributed by atoms with Crippen molar-refractivity contribution in [1.82, 2.24) is 10.2 Å². The molecule has 0 spiro atoms. The Morgan fingerprint density at radius 2 is 2.04 bits per heavy atom. The van der Waals surface area contributed by atoms with Crippen LogP contribution in [0.3, 0.4) is 0 Å². The molecule has 1 saturated carbocycles. The van der Waals surface area contributed by atoms with E-state index in [1.54, 1.807) is 0 Å². The quantitative estimate of drug-likeness (QED) is 0.830. The molecule has 24 heavy (non-hydrogen) atoms. The van der Waals surface area contributed by atoms with Gasteiger partial charge in [-0.2, -0.15) is 0 Å². The third kappa shape index (κ3) is 3.70. The third-order valence-corrected chi connectivity index (χ3v) is 6.13. The second-order valence-electron chi connectivity index (χ2n) is 6.88. The van der Waals surface area contributed by atoms with Crippen LogP contribution in [0.1, 0.15) is 37.7 Å². The van der Waals surface area contributed by atoms with Crippen molar-refractivity contribution >= 4 is 41.5 Å². The summed E-state index contributed by atoms with van der Waals surface area (Å²) in [6.07, 6.45) is 5.22. The van der Waals surface area contributed by atoms with E-state index in [2.05, 4.69) is 10.2 Å². The lowest BCUT2D eigenvalue weighted by Crippen LogP contribution is -2.54. The van der Waals surface area contributed by atoms with Gasteiger partial charge in [0.2, 0.25) is 5.91 Å². The van der Waals surface area contributed by atoms with E-state index in [9.17, 15) is 4.79 Å². The van der Waals surface area contributed by atoms with Gasteiger partial charge in [0, 0.05) is 13.1 Å². The van der Waals surface area contributed by atoms with Crippen LogP contribution in [-0.2, 0) is 10.2 Å². The molecule has 2 fully saturated rings. The molecule has 6 heteroatoms. The molecule has 1 saturated heterocycles. The Labute approximate surface area is 160 Å². The predicted octanol–water partition coefficient (Wildman–Crippen LogP) is 4.29. The average Bonchev–Trinajstić information content (AvgIpc) is 2.50. The number of nitrogens with one attached hydrogen (secondary N) is 1. The van der Waals surface area contributed by atoms with Gasteiger partial charge in [-0.3, -0.25) is 4.79 Å². The Kier molecular flexibility index (Phi) is 6.83. The van der Waals surface area contributed by atoms with Crippen LogP contribution in [0.25, 0.3) is 0 Å². The number of rotatable bonds is 4. The smallest absolute Gasteiger partial charge is 0.233 e. The zero-order valence-electron chi connectivity index (χ0n) is 14.0. The van der Waals surface area contributed by atoms with Crippen LogP contribution >= 0.6 is 35.6 Å². The summed E-state index contributed by atoms with van der Waals surface area (Å²) in [7, 11) is 1.98. The maximum atomic E-state index is 13.3. The molecule has 1 aromatic rings. The van der Waals surface area contributed by atoms with Crippen molar-refractivity contribution in [2.45, 2.75) is 37.5 Å². The number of carbonyl (C=O) groups is 1. The van der Waals surface area contributed by atoms with Crippen LogP contribution in [0.4, 0.5) is 0 Å². The average molecular weight is 392 g/mol. The first-order valence-electron chi connectivity index (χ1n) is 8.46. The summed E-state index contributed by atoms with van der Waals surface area (Å²) < 4.78 is 0. The Balaban J connectivity index is 0.00000208. The fourth-order valence-corrected chi connectivity index (χ4v) is 4.26. The Bertz CT molecular complexity index is 588. The molecule has 0 aromatic heterocycles. The fourth-order valence-electron chi connectivity index (χ4n) is 3.96. The summed E-state index contributed by atoms with van der Waals surface area (Å²) in [5.41, 5.74) is 0.648. The van der Waals surface area contributed by atoms with Crippen LogP contribution in [0.2, 0.25) is 10.0 Å². The lowest BCUT2D eigenvalue weighted by atomic mass is 9.63. The van der Waals surface area contributed by atoms with Gasteiger partial charge in [0.05, 0.1) is 15.5 Å². The molecular formula is C18H25Cl3N2O.